The molecule has 0 unspecified atom stereocenters. The van der Waals surface area contributed by atoms with Gasteiger partial charge in [0.05, 0.1) is 0 Å². The summed E-state index contributed by atoms with van der Waals surface area (Å²) in [5.74, 6) is 0. The summed E-state index contributed by atoms with van der Waals surface area (Å²) in [4.78, 5) is 0. The zero-order valence-corrected chi connectivity index (χ0v) is 31.9. The van der Waals surface area contributed by atoms with Gasteiger partial charge in [0, 0.05) is 9.52 Å². The number of benzene rings is 4. The number of hydrogen-bond acceptors (Lipinski definition) is 0. The number of hydrogen-bond donors (Lipinski definition) is 0. The van der Waals surface area contributed by atoms with Gasteiger partial charge in [-0.05, 0) is 47.9 Å². The van der Waals surface area contributed by atoms with Gasteiger partial charge in [0.25, 0.3) is 0 Å². The third-order valence-corrected chi connectivity index (χ3v) is 7.81. The molecule has 226 valence electrons. The van der Waals surface area contributed by atoms with E-state index in [9.17, 15) is 0 Å². The Balaban J connectivity index is 0.000000204. The summed E-state index contributed by atoms with van der Waals surface area (Å²) in [6.45, 7) is 13.2. The van der Waals surface area contributed by atoms with Crippen LogP contribution >= 0.6 is 17.0 Å². The van der Waals surface area contributed by atoms with Gasteiger partial charge in [-0.2, -0.15) is 12.1 Å². The van der Waals surface area contributed by atoms with Crippen molar-refractivity contribution >= 4 is 48.1 Å². The van der Waals surface area contributed by atoms with Crippen LogP contribution in [-0.4, -0.2) is 9.52 Å². The summed E-state index contributed by atoms with van der Waals surface area (Å²) in [5.41, 5.74) is 11.2. The monoisotopic (exact) mass is 712 g/mol. The first-order chi connectivity index (χ1) is 21.5. The minimum atomic E-state index is -0.826. The first-order valence-corrected chi connectivity index (χ1v) is 23.9. The van der Waals surface area contributed by atoms with E-state index in [2.05, 4.69) is 150 Å². The third-order valence-electron chi connectivity index (χ3n) is 7.81. The van der Waals surface area contributed by atoms with Crippen LogP contribution < -0.4 is 0 Å². The molecule has 6 aromatic carbocycles. The van der Waals surface area contributed by atoms with Gasteiger partial charge in [-0.1, -0.05) is 113 Å². The summed E-state index contributed by atoms with van der Waals surface area (Å²) in [6, 6.07) is 40.1. The van der Waals surface area contributed by atoms with E-state index in [1.165, 1.54) is 66.1 Å². The predicted octanol–water partition coefficient (Wildman–Crippen LogP) is 12.9. The van der Waals surface area contributed by atoms with Crippen LogP contribution in [0.2, 0.25) is 13.1 Å². The molecule has 0 nitrogen and oxygen atoms in total. The molecule has 0 saturated carbocycles. The maximum atomic E-state index is 4.93. The van der Waals surface area contributed by atoms with Crippen LogP contribution in [0.3, 0.4) is 0 Å². The summed E-state index contributed by atoms with van der Waals surface area (Å²) in [5, 5.41) is 5.50. The fourth-order valence-electron chi connectivity index (χ4n) is 5.65. The van der Waals surface area contributed by atoms with Gasteiger partial charge in [-0.15, -0.1) is 69.1 Å². The Morgan fingerprint density at radius 1 is 0.523 bits per heavy atom. The van der Waals surface area contributed by atoms with E-state index >= 15 is 0 Å². The number of rotatable bonds is 6. The number of aryl methyl sites for hydroxylation is 4. The summed E-state index contributed by atoms with van der Waals surface area (Å²) >= 11 is -0.826. The second-order valence-electron chi connectivity index (χ2n) is 10.6. The molecule has 4 heteroatoms. The molecule has 0 spiro atoms. The SMILES string of the molecule is CCc1cc2c(-c3ccccc3CC)cccc2[cH-]1.CCc1cc2c(-c3ccccc3CC)cccc2[cH-]1.C[Si]C.[Cl][Zr+2][Cl]. The van der Waals surface area contributed by atoms with Crippen molar-refractivity contribution in [1.82, 2.24) is 0 Å². The molecule has 0 bridgehead atoms. The molecular weight excluding hydrogens is 671 g/mol. The molecule has 0 aliphatic carbocycles. The van der Waals surface area contributed by atoms with Crippen molar-refractivity contribution in [1.29, 1.82) is 0 Å². The van der Waals surface area contributed by atoms with Crippen molar-refractivity contribution in [3.05, 3.63) is 131 Å². The summed E-state index contributed by atoms with van der Waals surface area (Å²) < 4.78 is 0. The molecule has 44 heavy (non-hydrogen) atoms. The molecule has 6 rings (SSSR count). The fourth-order valence-corrected chi connectivity index (χ4v) is 5.65. The first-order valence-electron chi connectivity index (χ1n) is 15.6. The number of halogens is 2. The van der Waals surface area contributed by atoms with Crippen molar-refractivity contribution < 1.29 is 20.8 Å². The van der Waals surface area contributed by atoms with Crippen molar-refractivity contribution in [2.45, 2.75) is 66.5 Å². The van der Waals surface area contributed by atoms with Crippen LogP contribution in [0.25, 0.3) is 43.8 Å². The Morgan fingerprint density at radius 3 is 1.20 bits per heavy atom. The van der Waals surface area contributed by atoms with E-state index in [0.717, 1.165) is 35.2 Å². The second kappa shape index (κ2) is 19.3. The molecule has 0 fully saturated rings. The molecule has 2 radical (unpaired) electrons. The maximum absolute atomic E-state index is 4.93. The van der Waals surface area contributed by atoms with Crippen molar-refractivity contribution in [2.24, 2.45) is 0 Å². The van der Waals surface area contributed by atoms with Crippen molar-refractivity contribution in [2.75, 3.05) is 0 Å². The average Bonchev–Trinajstić information content (AvgIpc) is 3.70. The molecular formula is C40H44Cl2SiZr. The molecule has 0 heterocycles. The molecule has 0 N–H and O–H groups in total. The van der Waals surface area contributed by atoms with Gasteiger partial charge < -0.3 is 0 Å². The fraction of sp³-hybridized carbons (Fsp3) is 0.250. The van der Waals surface area contributed by atoms with Gasteiger partial charge in [-0.3, -0.25) is 0 Å². The van der Waals surface area contributed by atoms with Crippen LogP contribution in [-0.2, 0) is 46.5 Å². The first kappa shape index (κ1) is 36.3. The molecule has 0 aromatic heterocycles. The normalized spacial score (nSPS) is 10.2. The summed E-state index contributed by atoms with van der Waals surface area (Å²) in [6.07, 6.45) is 4.36. The van der Waals surface area contributed by atoms with E-state index in [1.807, 2.05) is 0 Å². The van der Waals surface area contributed by atoms with Gasteiger partial charge in [0.15, 0.2) is 0 Å². The van der Waals surface area contributed by atoms with Crippen molar-refractivity contribution in [3.8, 4) is 22.3 Å². The van der Waals surface area contributed by atoms with Gasteiger partial charge in [-0.25, -0.2) is 0 Å². The minimum absolute atomic E-state index is 0.826. The van der Waals surface area contributed by atoms with Crippen LogP contribution in [0, 0.1) is 0 Å². The van der Waals surface area contributed by atoms with Gasteiger partial charge in [0.1, 0.15) is 0 Å². The van der Waals surface area contributed by atoms with Crippen molar-refractivity contribution in [3.63, 3.8) is 0 Å². The Bertz CT molecular complexity index is 1580. The summed E-state index contributed by atoms with van der Waals surface area (Å²) in [7, 11) is 11.0. The topological polar surface area (TPSA) is 0 Å². The number of fused-ring (bicyclic) bond motifs is 2. The zero-order valence-electron chi connectivity index (χ0n) is 27.0. The van der Waals surface area contributed by atoms with Crippen LogP contribution in [0.5, 0.6) is 0 Å². The molecule has 0 saturated heterocycles. The third kappa shape index (κ3) is 9.40. The molecule has 0 aliphatic heterocycles. The van der Waals surface area contributed by atoms with E-state index in [0.29, 0.717) is 0 Å². The molecule has 0 amide bonds. The molecule has 6 aromatic rings. The zero-order chi connectivity index (χ0) is 31.9. The Labute approximate surface area is 287 Å². The van der Waals surface area contributed by atoms with Crippen LogP contribution in [0.4, 0.5) is 0 Å². The van der Waals surface area contributed by atoms with E-state index in [1.54, 1.807) is 0 Å². The quantitative estimate of drug-likeness (QED) is 0.119. The van der Waals surface area contributed by atoms with Crippen LogP contribution in [0.1, 0.15) is 49.9 Å². The van der Waals surface area contributed by atoms with E-state index in [4.69, 9.17) is 17.0 Å². The Morgan fingerprint density at radius 2 is 0.864 bits per heavy atom. The Hall–Kier alpha value is -2.22. The molecule has 0 aliphatic rings. The second-order valence-corrected chi connectivity index (χ2v) is 15.4. The van der Waals surface area contributed by atoms with Crippen LogP contribution in [0.15, 0.2) is 109 Å². The average molecular weight is 715 g/mol. The standard InChI is InChI=1S/2C19H19.C2H6Si.2ClH.Zr/c2*1-3-14-12-16-9-7-11-18(19(16)13-14)17-10-6-5-8-15(17)4-2;1-3-2;;;/h2*5-13H,3-4H2,1-2H3;1-2H3;2*1H;/q2*-1;;;;+4/p-2. The Kier molecular flexibility index (Phi) is 15.9. The van der Waals surface area contributed by atoms with Gasteiger partial charge in [0.2, 0.25) is 0 Å². The van der Waals surface area contributed by atoms with Gasteiger partial charge >= 0.3 is 37.9 Å². The van der Waals surface area contributed by atoms with E-state index < -0.39 is 20.8 Å². The predicted molar refractivity (Wildman–Crippen MR) is 197 cm³/mol. The molecule has 0 atom stereocenters. The van der Waals surface area contributed by atoms with E-state index in [-0.39, 0.29) is 0 Å².